The second kappa shape index (κ2) is 10.3. The lowest BCUT2D eigenvalue weighted by atomic mass is 10.1. The molecular formula is C22H23F3N6O2S. The zero-order valence-corrected chi connectivity index (χ0v) is 19.2. The van der Waals surface area contributed by atoms with Crippen LogP contribution in [0.2, 0.25) is 0 Å². The number of benzene rings is 2. The SMILES string of the molecule is COc1ccc(-n2nnnc2SCC(=O)Nc2cc(C(F)(F)F)ccc2N2CCCCC2)cc1. The molecule has 4 rings (SSSR count). The summed E-state index contributed by atoms with van der Waals surface area (Å²) in [6.07, 6.45) is -1.51. The van der Waals surface area contributed by atoms with Gasteiger partial charge in [-0.1, -0.05) is 11.8 Å². The molecule has 2 heterocycles. The maximum Gasteiger partial charge on any atom is 0.416 e. The van der Waals surface area contributed by atoms with Crippen LogP contribution < -0.4 is 15.0 Å². The van der Waals surface area contributed by atoms with Crippen LogP contribution in [0.5, 0.6) is 5.75 Å². The Morgan fingerprint density at radius 3 is 2.53 bits per heavy atom. The van der Waals surface area contributed by atoms with Gasteiger partial charge in [-0.2, -0.15) is 17.9 Å². The Morgan fingerprint density at radius 1 is 1.12 bits per heavy atom. The predicted molar refractivity (Wildman–Crippen MR) is 123 cm³/mol. The smallest absolute Gasteiger partial charge is 0.416 e. The molecule has 180 valence electrons. The number of halogens is 3. The van der Waals surface area contributed by atoms with Crippen LogP contribution in [0, 0.1) is 0 Å². The van der Waals surface area contributed by atoms with E-state index in [1.807, 2.05) is 4.90 Å². The summed E-state index contributed by atoms with van der Waals surface area (Å²) in [5.74, 6) is 0.148. The van der Waals surface area contributed by atoms with Crippen LogP contribution in [0.25, 0.3) is 5.69 Å². The number of tetrazole rings is 1. The van der Waals surface area contributed by atoms with Gasteiger partial charge < -0.3 is 15.0 Å². The third-order valence-corrected chi connectivity index (χ3v) is 6.30. The molecule has 0 unspecified atom stereocenters. The number of alkyl halides is 3. The van der Waals surface area contributed by atoms with Gasteiger partial charge in [0.25, 0.3) is 0 Å². The number of nitrogens with one attached hydrogen (secondary N) is 1. The first-order valence-electron chi connectivity index (χ1n) is 10.7. The van der Waals surface area contributed by atoms with Crippen LogP contribution in [0.15, 0.2) is 47.6 Å². The number of carbonyl (C=O) groups is 1. The molecule has 0 saturated carbocycles. The molecule has 34 heavy (non-hydrogen) atoms. The second-order valence-electron chi connectivity index (χ2n) is 7.69. The number of thioether (sulfide) groups is 1. The second-order valence-corrected chi connectivity index (χ2v) is 8.63. The highest BCUT2D eigenvalue weighted by Crippen LogP contribution is 2.36. The van der Waals surface area contributed by atoms with Crippen molar-refractivity contribution in [1.82, 2.24) is 20.2 Å². The van der Waals surface area contributed by atoms with E-state index < -0.39 is 17.6 Å². The fourth-order valence-corrected chi connectivity index (χ4v) is 4.38. The molecule has 1 fully saturated rings. The zero-order chi connectivity index (χ0) is 24.1. The van der Waals surface area contributed by atoms with Crippen molar-refractivity contribution in [2.24, 2.45) is 0 Å². The van der Waals surface area contributed by atoms with Crippen molar-refractivity contribution < 1.29 is 22.7 Å². The highest BCUT2D eigenvalue weighted by molar-refractivity contribution is 7.99. The molecule has 12 heteroatoms. The molecule has 0 spiro atoms. The van der Waals surface area contributed by atoms with Crippen LogP contribution in [0.1, 0.15) is 24.8 Å². The van der Waals surface area contributed by atoms with Crippen molar-refractivity contribution in [2.75, 3.05) is 36.2 Å². The number of carbonyl (C=O) groups excluding carboxylic acids is 1. The van der Waals surface area contributed by atoms with Gasteiger partial charge in [0, 0.05) is 13.1 Å². The fourth-order valence-electron chi connectivity index (χ4n) is 3.69. The summed E-state index contributed by atoms with van der Waals surface area (Å²) in [6.45, 7) is 1.47. The van der Waals surface area contributed by atoms with Gasteiger partial charge in [0.05, 0.1) is 35.5 Å². The Kier molecular flexibility index (Phi) is 7.25. The van der Waals surface area contributed by atoms with Crippen LogP contribution in [-0.4, -0.2) is 52.1 Å². The maximum absolute atomic E-state index is 13.3. The Balaban J connectivity index is 1.48. The highest BCUT2D eigenvalue weighted by atomic mass is 32.2. The van der Waals surface area contributed by atoms with Crippen molar-refractivity contribution in [2.45, 2.75) is 30.6 Å². The molecule has 1 saturated heterocycles. The van der Waals surface area contributed by atoms with E-state index in [4.69, 9.17) is 4.74 Å². The van der Waals surface area contributed by atoms with E-state index in [0.29, 0.717) is 22.3 Å². The monoisotopic (exact) mass is 492 g/mol. The van der Waals surface area contributed by atoms with Crippen LogP contribution in [-0.2, 0) is 11.0 Å². The lowest BCUT2D eigenvalue weighted by Gasteiger charge is -2.31. The van der Waals surface area contributed by atoms with Gasteiger partial charge in [0.15, 0.2) is 0 Å². The number of ether oxygens (including phenoxy) is 1. The van der Waals surface area contributed by atoms with Gasteiger partial charge in [0.2, 0.25) is 11.1 Å². The standard InChI is InChI=1S/C22H23F3N6O2S/c1-33-17-8-6-16(7-9-17)31-21(27-28-29-31)34-14-20(32)26-18-13-15(22(23,24)25)5-10-19(18)30-11-3-2-4-12-30/h5-10,13H,2-4,11-12,14H2,1H3,(H,26,32). The minimum atomic E-state index is -4.50. The Morgan fingerprint density at radius 2 is 1.85 bits per heavy atom. The lowest BCUT2D eigenvalue weighted by Crippen LogP contribution is -2.30. The van der Waals surface area contributed by atoms with Crippen molar-refractivity contribution in [3.63, 3.8) is 0 Å². The average molecular weight is 493 g/mol. The predicted octanol–water partition coefficient (Wildman–Crippen LogP) is 4.41. The third-order valence-electron chi connectivity index (χ3n) is 5.38. The van der Waals surface area contributed by atoms with Gasteiger partial charge >= 0.3 is 6.18 Å². The molecule has 1 aromatic heterocycles. The van der Waals surface area contributed by atoms with Gasteiger partial charge in [-0.05, 0) is 72.2 Å². The number of aromatic nitrogens is 4. The fraction of sp³-hybridized carbons (Fsp3) is 0.364. The molecule has 0 radical (unpaired) electrons. The molecule has 0 atom stereocenters. The minimum Gasteiger partial charge on any atom is -0.497 e. The van der Waals surface area contributed by atoms with Gasteiger partial charge in [-0.15, -0.1) is 5.10 Å². The van der Waals surface area contributed by atoms with Crippen molar-refractivity contribution in [3.8, 4) is 11.4 Å². The molecule has 1 aliphatic rings. The number of rotatable bonds is 7. The molecule has 3 aromatic rings. The van der Waals surface area contributed by atoms with E-state index in [2.05, 4.69) is 20.8 Å². The van der Waals surface area contributed by atoms with Gasteiger partial charge in [-0.25, -0.2) is 0 Å². The Labute approximate surface area is 198 Å². The van der Waals surface area contributed by atoms with E-state index in [0.717, 1.165) is 56.2 Å². The molecule has 1 N–H and O–H groups in total. The lowest BCUT2D eigenvalue weighted by molar-refractivity contribution is -0.137. The highest BCUT2D eigenvalue weighted by Gasteiger charge is 2.32. The van der Waals surface area contributed by atoms with E-state index in [1.165, 1.54) is 10.7 Å². The molecule has 0 aliphatic carbocycles. The number of anilines is 2. The number of piperidine rings is 1. The summed E-state index contributed by atoms with van der Waals surface area (Å²) in [6, 6.07) is 10.5. The molecule has 1 aliphatic heterocycles. The number of amides is 1. The molecule has 1 amide bonds. The number of hydrogen-bond acceptors (Lipinski definition) is 7. The number of hydrogen-bond donors (Lipinski definition) is 1. The number of nitrogens with zero attached hydrogens (tertiary/aromatic N) is 5. The van der Waals surface area contributed by atoms with Gasteiger partial charge in [-0.3, -0.25) is 4.79 Å². The van der Waals surface area contributed by atoms with E-state index in [9.17, 15) is 18.0 Å². The minimum absolute atomic E-state index is 0.0772. The molecule has 0 bridgehead atoms. The van der Waals surface area contributed by atoms with E-state index >= 15 is 0 Å². The van der Waals surface area contributed by atoms with Crippen molar-refractivity contribution in [3.05, 3.63) is 48.0 Å². The van der Waals surface area contributed by atoms with Gasteiger partial charge in [0.1, 0.15) is 5.75 Å². The third kappa shape index (κ3) is 5.61. The molecule has 2 aromatic carbocycles. The first-order chi connectivity index (χ1) is 16.3. The summed E-state index contributed by atoms with van der Waals surface area (Å²) < 4.78 is 46.5. The van der Waals surface area contributed by atoms with Crippen LogP contribution >= 0.6 is 11.8 Å². The summed E-state index contributed by atoms with van der Waals surface area (Å²) in [7, 11) is 1.56. The quantitative estimate of drug-likeness (QED) is 0.489. The first-order valence-corrected chi connectivity index (χ1v) is 11.7. The van der Waals surface area contributed by atoms with Crippen molar-refractivity contribution >= 4 is 29.0 Å². The Bertz CT molecular complexity index is 1130. The van der Waals surface area contributed by atoms with Crippen LogP contribution in [0.3, 0.4) is 0 Å². The summed E-state index contributed by atoms with van der Waals surface area (Å²) in [5.41, 5.74) is 0.616. The first kappa shape index (κ1) is 23.9. The molecule has 8 nitrogen and oxygen atoms in total. The Hall–Kier alpha value is -3.28. The zero-order valence-electron chi connectivity index (χ0n) is 18.4. The number of methoxy groups -OCH3 is 1. The van der Waals surface area contributed by atoms with Crippen LogP contribution in [0.4, 0.5) is 24.5 Å². The maximum atomic E-state index is 13.3. The van der Waals surface area contributed by atoms with E-state index in [1.54, 1.807) is 31.4 Å². The average Bonchev–Trinajstić information content (AvgIpc) is 3.31. The summed E-state index contributed by atoms with van der Waals surface area (Å²) in [5, 5.41) is 14.6. The van der Waals surface area contributed by atoms with Crippen molar-refractivity contribution in [1.29, 1.82) is 0 Å². The molecular weight excluding hydrogens is 469 g/mol. The topological polar surface area (TPSA) is 85.2 Å². The summed E-state index contributed by atoms with van der Waals surface area (Å²) >= 11 is 1.08. The summed E-state index contributed by atoms with van der Waals surface area (Å²) in [4.78, 5) is 14.7. The largest absolute Gasteiger partial charge is 0.497 e. The normalized spacial score (nSPS) is 14.2. The van der Waals surface area contributed by atoms with E-state index in [-0.39, 0.29) is 11.4 Å².